The minimum absolute atomic E-state index is 0.0815. The number of nitrogens with zero attached hydrogens (tertiary/aromatic N) is 2. The second kappa shape index (κ2) is 10.3. The Hall–Kier alpha value is -3.70. The maximum Gasteiger partial charge on any atom is 0.297 e. The van der Waals surface area contributed by atoms with Gasteiger partial charge in [-0.1, -0.05) is 53.5 Å². The molecule has 0 spiro atoms. The van der Waals surface area contributed by atoms with Gasteiger partial charge in [0.15, 0.2) is 5.75 Å². The molecule has 0 saturated carbocycles. The molecule has 3 N–H and O–H groups in total. The number of hydrogen-bond donors (Lipinski definition) is 3. The molecule has 0 fully saturated rings. The van der Waals surface area contributed by atoms with Gasteiger partial charge in [-0.25, -0.2) is 0 Å². The number of carbonyl (C=O) groups is 1. The van der Waals surface area contributed by atoms with Crippen LogP contribution in [0.25, 0.3) is 10.8 Å². The molecule has 12 heteroatoms. The van der Waals surface area contributed by atoms with E-state index < -0.39 is 26.7 Å². The van der Waals surface area contributed by atoms with Gasteiger partial charge in [-0.15, -0.1) is 10.2 Å². The monoisotopic (exact) mass is 559 g/mol. The van der Waals surface area contributed by atoms with E-state index in [0.29, 0.717) is 16.5 Å². The smallest absolute Gasteiger partial charge is 0.297 e. The van der Waals surface area contributed by atoms with Crippen LogP contribution in [0.5, 0.6) is 11.5 Å². The van der Waals surface area contributed by atoms with Gasteiger partial charge in [0.1, 0.15) is 27.0 Å². The topological polar surface area (TPSA) is 138 Å². The lowest BCUT2D eigenvalue weighted by Gasteiger charge is -2.13. The van der Waals surface area contributed by atoms with Crippen LogP contribution in [0.4, 0.5) is 17.1 Å². The molecule has 0 radical (unpaired) electrons. The fraction of sp³-hybridized carbons (Fsp3) is 0.0800. The predicted molar refractivity (Wildman–Crippen MR) is 142 cm³/mol. The van der Waals surface area contributed by atoms with Crippen LogP contribution >= 0.6 is 23.2 Å². The fourth-order valence-corrected chi connectivity index (χ4v) is 5.04. The van der Waals surface area contributed by atoms with E-state index in [-0.39, 0.29) is 38.2 Å². The zero-order valence-corrected chi connectivity index (χ0v) is 21.7. The average Bonchev–Trinajstić information content (AvgIpc) is 2.85. The molecule has 0 aromatic heterocycles. The molecule has 9 nitrogen and oxygen atoms in total. The van der Waals surface area contributed by atoms with Crippen molar-refractivity contribution >= 4 is 67.1 Å². The Morgan fingerprint density at radius 3 is 2.46 bits per heavy atom. The van der Waals surface area contributed by atoms with Crippen LogP contribution in [0.2, 0.25) is 10.0 Å². The molecule has 190 valence electrons. The molecule has 0 heterocycles. The number of nitrogens with one attached hydrogen (secondary N) is 1. The fourth-order valence-electron chi connectivity index (χ4n) is 3.71. The van der Waals surface area contributed by atoms with Crippen LogP contribution in [0.1, 0.15) is 15.9 Å². The molecule has 0 saturated heterocycles. The van der Waals surface area contributed by atoms with Crippen molar-refractivity contribution in [1.29, 1.82) is 0 Å². The van der Waals surface area contributed by atoms with Crippen LogP contribution in [-0.2, 0) is 10.1 Å². The number of hydrogen-bond acceptors (Lipinski definition) is 7. The molecule has 1 amide bonds. The van der Waals surface area contributed by atoms with Gasteiger partial charge in [-0.3, -0.25) is 9.35 Å². The quantitative estimate of drug-likeness (QED) is 0.170. The summed E-state index contributed by atoms with van der Waals surface area (Å²) in [5.74, 6) is -0.835. The van der Waals surface area contributed by atoms with Gasteiger partial charge in [0.25, 0.3) is 16.0 Å². The van der Waals surface area contributed by atoms with E-state index in [0.717, 1.165) is 0 Å². The highest BCUT2D eigenvalue weighted by molar-refractivity contribution is 7.86. The van der Waals surface area contributed by atoms with Gasteiger partial charge in [0.2, 0.25) is 0 Å². The summed E-state index contributed by atoms with van der Waals surface area (Å²) in [5, 5.41) is 23.0. The molecule has 0 unspecified atom stereocenters. The molecule has 0 aliphatic heterocycles. The van der Waals surface area contributed by atoms with Crippen molar-refractivity contribution < 1.29 is 27.6 Å². The summed E-state index contributed by atoms with van der Waals surface area (Å²) in [5.41, 5.74) is -0.0808. The van der Waals surface area contributed by atoms with E-state index in [2.05, 4.69) is 15.5 Å². The van der Waals surface area contributed by atoms with E-state index in [1.165, 1.54) is 32.2 Å². The third kappa shape index (κ3) is 5.23. The number of fused-ring (bicyclic) bond motifs is 1. The van der Waals surface area contributed by atoms with E-state index in [4.69, 9.17) is 27.9 Å². The zero-order valence-electron chi connectivity index (χ0n) is 19.4. The minimum Gasteiger partial charge on any atom is -0.505 e. The van der Waals surface area contributed by atoms with Gasteiger partial charge in [0, 0.05) is 10.4 Å². The first-order valence-electron chi connectivity index (χ1n) is 10.6. The number of aromatic hydroxyl groups is 1. The van der Waals surface area contributed by atoms with Crippen molar-refractivity contribution in [2.24, 2.45) is 10.2 Å². The Morgan fingerprint density at radius 2 is 1.76 bits per heavy atom. The van der Waals surface area contributed by atoms with Gasteiger partial charge in [-0.05, 0) is 48.2 Å². The van der Waals surface area contributed by atoms with Crippen molar-refractivity contribution in [1.82, 2.24) is 0 Å². The number of carbonyl (C=O) groups excluding carboxylic acids is 1. The van der Waals surface area contributed by atoms with Gasteiger partial charge in [-0.2, -0.15) is 8.42 Å². The van der Waals surface area contributed by atoms with Crippen molar-refractivity contribution in [3.8, 4) is 11.5 Å². The molecule has 0 aliphatic rings. The summed E-state index contributed by atoms with van der Waals surface area (Å²) >= 11 is 12.3. The number of halogens is 2. The number of azo groups is 1. The van der Waals surface area contributed by atoms with Crippen LogP contribution in [-0.4, -0.2) is 31.1 Å². The highest BCUT2D eigenvalue weighted by Crippen LogP contribution is 2.41. The zero-order chi connectivity index (χ0) is 26.9. The Labute approximate surface area is 222 Å². The molecule has 4 rings (SSSR count). The maximum absolute atomic E-state index is 13.2. The predicted octanol–water partition coefficient (Wildman–Crippen LogP) is 7.08. The SMILES string of the molecule is COc1cccc(NC(=O)c2cc3ccccc3c(N=Nc3ccc(Cl)c(C)c3S(=O)(=O)O)c2O)c1Cl. The van der Waals surface area contributed by atoms with Gasteiger partial charge < -0.3 is 15.2 Å². The largest absolute Gasteiger partial charge is 0.505 e. The lowest BCUT2D eigenvalue weighted by molar-refractivity contribution is 0.102. The molecule has 4 aromatic rings. The van der Waals surface area contributed by atoms with Gasteiger partial charge in [0.05, 0.1) is 18.4 Å². The number of anilines is 1. The van der Waals surface area contributed by atoms with Crippen LogP contribution in [0.3, 0.4) is 0 Å². The first-order valence-corrected chi connectivity index (χ1v) is 12.8. The van der Waals surface area contributed by atoms with Crippen LogP contribution < -0.4 is 10.1 Å². The second-order valence-corrected chi connectivity index (χ2v) is 9.96. The number of benzene rings is 4. The lowest BCUT2D eigenvalue weighted by Crippen LogP contribution is -2.12. The molecular weight excluding hydrogens is 541 g/mol. The molecule has 37 heavy (non-hydrogen) atoms. The van der Waals surface area contributed by atoms with Crippen molar-refractivity contribution in [3.63, 3.8) is 0 Å². The number of phenolic OH excluding ortho intramolecular Hbond substituents is 1. The summed E-state index contributed by atoms with van der Waals surface area (Å²) in [6, 6.07) is 15.8. The number of phenols is 1. The van der Waals surface area contributed by atoms with Crippen molar-refractivity contribution in [2.75, 3.05) is 12.4 Å². The first kappa shape index (κ1) is 26.4. The van der Waals surface area contributed by atoms with Crippen LogP contribution in [0.15, 0.2) is 75.8 Å². The Kier molecular flexibility index (Phi) is 7.37. The minimum atomic E-state index is -4.70. The molecule has 0 bridgehead atoms. The third-order valence-corrected chi connectivity index (χ3v) is 7.34. The van der Waals surface area contributed by atoms with Gasteiger partial charge >= 0.3 is 0 Å². The van der Waals surface area contributed by atoms with Crippen molar-refractivity contribution in [2.45, 2.75) is 11.8 Å². The third-order valence-electron chi connectivity index (χ3n) is 5.51. The molecule has 0 atom stereocenters. The Morgan fingerprint density at radius 1 is 1.03 bits per heavy atom. The summed E-state index contributed by atoms with van der Waals surface area (Å²) in [4.78, 5) is 12.6. The van der Waals surface area contributed by atoms with Crippen LogP contribution in [0, 0.1) is 6.92 Å². The standard InChI is InChI=1S/C25H19Cl2N3O6S/c1-13-17(26)10-11-19(24(13)37(33,34)35)29-30-22-15-7-4-3-6-14(15)12-16(23(22)31)25(32)28-18-8-5-9-20(36-2)21(18)27/h3-12,31H,1-2H3,(H,28,32)(H,33,34,35). The Balaban J connectivity index is 1.84. The summed E-state index contributed by atoms with van der Waals surface area (Å²) in [7, 11) is -3.26. The van der Waals surface area contributed by atoms with E-state index in [1.807, 2.05) is 0 Å². The highest BCUT2D eigenvalue weighted by atomic mass is 35.5. The maximum atomic E-state index is 13.2. The Bertz CT molecular complexity index is 1690. The highest BCUT2D eigenvalue weighted by Gasteiger charge is 2.22. The van der Waals surface area contributed by atoms with E-state index >= 15 is 0 Å². The summed E-state index contributed by atoms with van der Waals surface area (Å²) in [6.45, 7) is 1.41. The molecular formula is C25H19Cl2N3O6S. The average molecular weight is 560 g/mol. The number of rotatable bonds is 6. The van der Waals surface area contributed by atoms with E-state index in [1.54, 1.807) is 42.5 Å². The second-order valence-electron chi connectivity index (χ2n) is 7.81. The summed E-state index contributed by atoms with van der Waals surface area (Å²) < 4.78 is 38.8. The summed E-state index contributed by atoms with van der Waals surface area (Å²) in [6.07, 6.45) is 0. The normalized spacial score (nSPS) is 11.7. The number of methoxy groups -OCH3 is 1. The number of amides is 1. The molecule has 4 aromatic carbocycles. The van der Waals surface area contributed by atoms with Crippen molar-refractivity contribution in [3.05, 3.63) is 81.8 Å². The number of ether oxygens (including phenoxy) is 1. The first-order chi connectivity index (χ1) is 17.5. The molecule has 0 aliphatic carbocycles. The lowest BCUT2D eigenvalue weighted by atomic mass is 10.0. The van der Waals surface area contributed by atoms with E-state index in [9.17, 15) is 22.9 Å².